The van der Waals surface area contributed by atoms with Crippen LogP contribution in [0.3, 0.4) is 0 Å². The Labute approximate surface area is 122 Å². The van der Waals surface area contributed by atoms with E-state index in [-0.39, 0.29) is 5.97 Å². The summed E-state index contributed by atoms with van der Waals surface area (Å²) in [5, 5.41) is 4.07. The number of hydrogen-bond acceptors (Lipinski definition) is 3. The van der Waals surface area contributed by atoms with Crippen LogP contribution in [-0.4, -0.2) is 22.9 Å². The molecule has 0 amide bonds. The Morgan fingerprint density at radius 2 is 1.85 bits per heavy atom. The molecule has 0 unspecified atom stereocenters. The van der Waals surface area contributed by atoms with Crippen LogP contribution in [0.15, 0.2) is 31.0 Å². The highest BCUT2D eigenvalue weighted by molar-refractivity contribution is 5.92. The Balaban J connectivity index is 0. The van der Waals surface area contributed by atoms with Crippen molar-refractivity contribution in [2.75, 3.05) is 7.11 Å². The first kappa shape index (κ1) is 20.2. The fourth-order valence-electron chi connectivity index (χ4n) is 1.22. The molecule has 0 aliphatic rings. The lowest BCUT2D eigenvalue weighted by atomic mass is 10.2. The van der Waals surface area contributed by atoms with Crippen LogP contribution in [0.1, 0.15) is 50.7 Å². The van der Waals surface area contributed by atoms with E-state index in [9.17, 15) is 4.79 Å². The Morgan fingerprint density at radius 1 is 1.30 bits per heavy atom. The largest absolute Gasteiger partial charge is 0.465 e. The van der Waals surface area contributed by atoms with Gasteiger partial charge in [0.1, 0.15) is 5.56 Å². The summed E-state index contributed by atoms with van der Waals surface area (Å²) < 4.78 is 6.30. The molecule has 4 heteroatoms. The molecule has 4 nitrogen and oxygen atoms in total. The number of esters is 1. The number of allylic oxidation sites excluding steroid dienone is 3. The SMILES string of the molecule is C/C=C\c1c(C(=O)OC)cnn1/C=C\C.C=CC.CC. The maximum absolute atomic E-state index is 11.4. The first-order valence-corrected chi connectivity index (χ1v) is 6.64. The first-order valence-electron chi connectivity index (χ1n) is 6.64. The molecule has 1 heterocycles. The molecule has 0 saturated heterocycles. The van der Waals surface area contributed by atoms with Gasteiger partial charge in [-0.3, -0.25) is 0 Å². The normalized spacial score (nSPS) is 9.50. The van der Waals surface area contributed by atoms with Crippen molar-refractivity contribution in [3.63, 3.8) is 0 Å². The molecule has 0 fully saturated rings. The quantitative estimate of drug-likeness (QED) is 0.607. The second-order valence-electron chi connectivity index (χ2n) is 3.27. The molecule has 20 heavy (non-hydrogen) atoms. The van der Waals surface area contributed by atoms with Crippen LogP contribution >= 0.6 is 0 Å². The number of hydrogen-bond donors (Lipinski definition) is 0. The van der Waals surface area contributed by atoms with Crippen LogP contribution in [0, 0.1) is 0 Å². The maximum Gasteiger partial charge on any atom is 0.341 e. The van der Waals surface area contributed by atoms with Crippen LogP contribution in [-0.2, 0) is 4.74 Å². The van der Waals surface area contributed by atoms with E-state index >= 15 is 0 Å². The van der Waals surface area contributed by atoms with Gasteiger partial charge >= 0.3 is 5.97 Å². The Hall–Kier alpha value is -2.10. The Bertz CT molecular complexity index is 443. The third kappa shape index (κ3) is 6.73. The lowest BCUT2D eigenvalue weighted by Crippen LogP contribution is -2.03. The predicted molar refractivity (Wildman–Crippen MR) is 86.5 cm³/mol. The number of aromatic nitrogens is 2. The van der Waals surface area contributed by atoms with Crippen molar-refractivity contribution in [2.24, 2.45) is 0 Å². The van der Waals surface area contributed by atoms with E-state index in [0.717, 1.165) is 5.69 Å². The highest BCUT2D eigenvalue weighted by Crippen LogP contribution is 2.12. The summed E-state index contributed by atoms with van der Waals surface area (Å²) in [7, 11) is 1.36. The standard InChI is InChI=1S/C11H14N2O2.C3H6.C2H6/c1-4-6-10-9(11(14)15-3)8-12-13(10)7-5-2;1-3-2;1-2/h4-8H,1-3H3;3H,1H2,2H3;1-2H3/b6-4-,7-5-;;. The average molecular weight is 278 g/mol. The molecular weight excluding hydrogens is 252 g/mol. The van der Waals surface area contributed by atoms with Gasteiger partial charge in [-0.25, -0.2) is 9.48 Å². The molecule has 0 aliphatic heterocycles. The van der Waals surface area contributed by atoms with Crippen molar-refractivity contribution in [1.29, 1.82) is 0 Å². The van der Waals surface area contributed by atoms with Crippen LogP contribution in [0.4, 0.5) is 0 Å². The van der Waals surface area contributed by atoms with Crippen LogP contribution in [0.2, 0.25) is 0 Å². The molecule has 0 saturated carbocycles. The van der Waals surface area contributed by atoms with E-state index in [1.54, 1.807) is 17.0 Å². The molecular formula is C16H26N2O2. The first-order chi connectivity index (χ1) is 9.65. The van der Waals surface area contributed by atoms with Gasteiger partial charge in [-0.15, -0.1) is 6.58 Å². The summed E-state index contributed by atoms with van der Waals surface area (Å²) in [6.07, 6.45) is 10.5. The third-order valence-corrected chi connectivity index (χ3v) is 1.85. The van der Waals surface area contributed by atoms with Crippen molar-refractivity contribution in [1.82, 2.24) is 9.78 Å². The highest BCUT2D eigenvalue weighted by Gasteiger charge is 2.14. The maximum atomic E-state index is 11.4. The van der Waals surface area contributed by atoms with E-state index in [1.165, 1.54) is 13.3 Å². The number of ether oxygens (including phenoxy) is 1. The van der Waals surface area contributed by atoms with Gasteiger partial charge < -0.3 is 4.74 Å². The molecule has 1 aromatic heterocycles. The van der Waals surface area contributed by atoms with E-state index in [0.29, 0.717) is 5.56 Å². The number of nitrogens with zero attached hydrogens (tertiary/aromatic N) is 2. The van der Waals surface area contributed by atoms with Gasteiger partial charge in [0.05, 0.1) is 19.0 Å². The fraction of sp³-hybridized carbons (Fsp3) is 0.375. The summed E-state index contributed by atoms with van der Waals surface area (Å²) >= 11 is 0. The average Bonchev–Trinajstić information content (AvgIpc) is 2.85. The summed E-state index contributed by atoms with van der Waals surface area (Å²) in [6.45, 7) is 13.0. The van der Waals surface area contributed by atoms with Crippen LogP contribution in [0.5, 0.6) is 0 Å². The minimum Gasteiger partial charge on any atom is -0.465 e. The van der Waals surface area contributed by atoms with Gasteiger partial charge in [-0.2, -0.15) is 5.10 Å². The topological polar surface area (TPSA) is 44.1 Å². The van der Waals surface area contributed by atoms with Gasteiger partial charge in [0.25, 0.3) is 0 Å². The van der Waals surface area contributed by atoms with Gasteiger partial charge in [-0.1, -0.05) is 32.1 Å². The van der Waals surface area contributed by atoms with Crippen molar-refractivity contribution in [2.45, 2.75) is 34.6 Å². The lowest BCUT2D eigenvalue weighted by molar-refractivity contribution is 0.0600. The summed E-state index contributed by atoms with van der Waals surface area (Å²) in [5.74, 6) is -0.376. The molecule has 0 bridgehead atoms. The van der Waals surface area contributed by atoms with Gasteiger partial charge in [-0.05, 0) is 26.8 Å². The lowest BCUT2D eigenvalue weighted by Gasteiger charge is -1.99. The summed E-state index contributed by atoms with van der Waals surface area (Å²) in [5.41, 5.74) is 1.19. The fourth-order valence-corrected chi connectivity index (χ4v) is 1.22. The highest BCUT2D eigenvalue weighted by atomic mass is 16.5. The van der Waals surface area contributed by atoms with Gasteiger partial charge in [0.15, 0.2) is 0 Å². The predicted octanol–water partition coefficient (Wildman–Crippen LogP) is 4.41. The van der Waals surface area contributed by atoms with E-state index < -0.39 is 0 Å². The van der Waals surface area contributed by atoms with Crippen molar-refractivity contribution < 1.29 is 9.53 Å². The number of carbonyl (C=O) groups is 1. The zero-order chi connectivity index (χ0) is 16.0. The minimum atomic E-state index is -0.376. The molecule has 112 valence electrons. The van der Waals surface area contributed by atoms with Crippen LogP contribution < -0.4 is 0 Å². The summed E-state index contributed by atoms with van der Waals surface area (Å²) in [4.78, 5) is 11.4. The number of carbonyl (C=O) groups excluding carboxylic acids is 1. The molecule has 1 rings (SSSR count). The van der Waals surface area contributed by atoms with Crippen LogP contribution in [0.25, 0.3) is 12.3 Å². The molecule has 0 atom stereocenters. The van der Waals surface area contributed by atoms with E-state index in [4.69, 9.17) is 0 Å². The Kier molecular flexibility index (Phi) is 13.5. The zero-order valence-electron chi connectivity index (χ0n) is 13.4. The minimum absolute atomic E-state index is 0.376. The van der Waals surface area contributed by atoms with Crippen molar-refractivity contribution in [3.8, 4) is 0 Å². The second-order valence-corrected chi connectivity index (χ2v) is 3.27. The molecule has 0 aliphatic carbocycles. The number of methoxy groups -OCH3 is 1. The van der Waals surface area contributed by atoms with E-state index in [1.807, 2.05) is 52.8 Å². The molecule has 0 radical (unpaired) electrons. The monoisotopic (exact) mass is 278 g/mol. The summed E-state index contributed by atoms with van der Waals surface area (Å²) in [6, 6.07) is 0. The Morgan fingerprint density at radius 3 is 2.25 bits per heavy atom. The van der Waals surface area contributed by atoms with Gasteiger partial charge in [0, 0.05) is 6.20 Å². The molecule has 0 aromatic carbocycles. The smallest absolute Gasteiger partial charge is 0.341 e. The third-order valence-electron chi connectivity index (χ3n) is 1.85. The second kappa shape index (κ2) is 13.3. The van der Waals surface area contributed by atoms with Crippen molar-refractivity contribution >= 4 is 18.2 Å². The number of rotatable bonds is 3. The van der Waals surface area contributed by atoms with Crippen molar-refractivity contribution in [3.05, 3.63) is 42.3 Å². The molecule has 0 spiro atoms. The van der Waals surface area contributed by atoms with E-state index in [2.05, 4.69) is 16.4 Å². The zero-order valence-corrected chi connectivity index (χ0v) is 13.4. The molecule has 1 aromatic rings. The van der Waals surface area contributed by atoms with Gasteiger partial charge in [0.2, 0.25) is 0 Å². The molecule has 0 N–H and O–H groups in total.